The number of nitrogens with two attached hydrogens (primary N) is 2. The van der Waals surface area contributed by atoms with E-state index in [9.17, 15) is 13.5 Å². The summed E-state index contributed by atoms with van der Waals surface area (Å²) < 4.78 is 51.6. The number of hydrogen-bond acceptors (Lipinski definition) is 10. The molecule has 4 aromatic rings. The third kappa shape index (κ3) is 19.2. The molecule has 0 fully saturated rings. The number of hydrogen-bond donors (Lipinski definition) is 3. The Kier molecular flexibility index (Phi) is 25.3. The van der Waals surface area contributed by atoms with Crippen LogP contribution in [0.3, 0.4) is 0 Å². The van der Waals surface area contributed by atoms with Gasteiger partial charge in [-0.3, -0.25) is 4.18 Å². The Labute approximate surface area is 367 Å². The van der Waals surface area contributed by atoms with Crippen molar-refractivity contribution in [3.63, 3.8) is 0 Å². The first kappa shape index (κ1) is 51.9. The SMILES string of the molecule is C.CCCCCCOCCCOS(=O)(=O)c1ccc(C)cc1.N[C@H]1c2ccccc2C[C@H]1O.N[C@H]1c2ccccc2C[C@H]1OCCCOCCCCCOCc1ccccc1. The molecule has 0 saturated carbocycles. The van der Waals surface area contributed by atoms with Crippen LogP contribution in [0, 0.1) is 6.92 Å². The molecule has 0 heterocycles. The highest BCUT2D eigenvalue weighted by Gasteiger charge is 2.30. The van der Waals surface area contributed by atoms with Gasteiger partial charge in [0.25, 0.3) is 10.1 Å². The first-order valence-electron chi connectivity index (χ1n) is 21.9. The van der Waals surface area contributed by atoms with Crippen molar-refractivity contribution in [1.82, 2.24) is 0 Å². The Bertz CT molecular complexity index is 1840. The van der Waals surface area contributed by atoms with Crippen LogP contribution < -0.4 is 11.5 Å². The van der Waals surface area contributed by atoms with E-state index in [4.69, 9.17) is 34.6 Å². The Hall–Kier alpha value is -3.49. The predicted octanol–water partition coefficient (Wildman–Crippen LogP) is 9.35. The monoisotopic (exact) mass is 863 g/mol. The molecular formula is C50H74N2O8S. The largest absolute Gasteiger partial charge is 0.391 e. The van der Waals surface area contributed by atoms with E-state index in [2.05, 4.69) is 37.3 Å². The zero-order chi connectivity index (χ0) is 42.8. The Morgan fingerprint density at radius 3 is 1.72 bits per heavy atom. The molecule has 0 aliphatic heterocycles. The quantitative estimate of drug-likeness (QED) is 0.0459. The van der Waals surface area contributed by atoms with E-state index in [1.165, 1.54) is 41.5 Å². The van der Waals surface area contributed by atoms with Crippen molar-refractivity contribution >= 4 is 10.1 Å². The number of benzene rings is 4. The lowest BCUT2D eigenvalue weighted by atomic mass is 10.1. The van der Waals surface area contributed by atoms with Gasteiger partial charge in [0.1, 0.15) is 0 Å². The minimum atomic E-state index is -3.64. The Morgan fingerprint density at radius 1 is 0.590 bits per heavy atom. The van der Waals surface area contributed by atoms with E-state index in [1.807, 2.05) is 55.5 Å². The van der Waals surface area contributed by atoms with Crippen LogP contribution in [-0.4, -0.2) is 72.0 Å². The van der Waals surface area contributed by atoms with Gasteiger partial charge in [-0.25, -0.2) is 0 Å². The third-order valence-corrected chi connectivity index (χ3v) is 11.9. The topological polar surface area (TPSA) is 153 Å². The van der Waals surface area contributed by atoms with E-state index in [0.717, 1.165) is 76.1 Å². The van der Waals surface area contributed by atoms with Crippen molar-refractivity contribution in [3.05, 3.63) is 137 Å². The van der Waals surface area contributed by atoms with Crippen molar-refractivity contribution in [3.8, 4) is 0 Å². The van der Waals surface area contributed by atoms with Crippen molar-refractivity contribution in [2.24, 2.45) is 11.5 Å². The van der Waals surface area contributed by atoms with E-state index in [1.54, 1.807) is 24.3 Å². The molecule has 11 heteroatoms. The highest BCUT2D eigenvalue weighted by atomic mass is 32.2. The summed E-state index contributed by atoms with van der Waals surface area (Å²) in [6.45, 7) is 9.30. The summed E-state index contributed by atoms with van der Waals surface area (Å²) >= 11 is 0. The van der Waals surface area contributed by atoms with Crippen LogP contribution in [0.15, 0.2) is 108 Å². The third-order valence-electron chi connectivity index (χ3n) is 10.6. The van der Waals surface area contributed by atoms with Gasteiger partial charge in [-0.15, -0.1) is 0 Å². The average molecular weight is 863 g/mol. The molecule has 61 heavy (non-hydrogen) atoms. The zero-order valence-corrected chi connectivity index (χ0v) is 36.7. The van der Waals surface area contributed by atoms with Gasteiger partial charge in [0, 0.05) is 52.5 Å². The number of ether oxygens (including phenoxy) is 4. The molecule has 0 amide bonds. The van der Waals surface area contributed by atoms with Crippen molar-refractivity contribution in [2.45, 2.75) is 128 Å². The zero-order valence-electron chi connectivity index (χ0n) is 35.9. The first-order chi connectivity index (χ1) is 29.2. The van der Waals surface area contributed by atoms with Gasteiger partial charge < -0.3 is 35.5 Å². The number of aliphatic hydroxyl groups is 1. The van der Waals surface area contributed by atoms with Gasteiger partial charge in [-0.05, 0) is 85.4 Å². The molecule has 2 aliphatic rings. The molecule has 0 saturated heterocycles. The van der Waals surface area contributed by atoms with Gasteiger partial charge in [0.15, 0.2) is 0 Å². The molecule has 0 unspecified atom stereocenters. The maximum Gasteiger partial charge on any atom is 0.296 e. The van der Waals surface area contributed by atoms with Crippen molar-refractivity contribution in [1.29, 1.82) is 0 Å². The van der Waals surface area contributed by atoms with E-state index in [-0.39, 0.29) is 43.2 Å². The number of rotatable bonds is 24. The molecule has 0 aromatic heterocycles. The molecule has 0 spiro atoms. The maximum atomic E-state index is 11.9. The second-order valence-electron chi connectivity index (χ2n) is 15.5. The van der Waals surface area contributed by atoms with Crippen LogP contribution in [0.25, 0.3) is 0 Å². The summed E-state index contributed by atoms with van der Waals surface area (Å²) in [4.78, 5) is 0.202. The molecule has 10 nitrogen and oxygen atoms in total. The van der Waals surface area contributed by atoms with Crippen LogP contribution in [0.4, 0.5) is 0 Å². The van der Waals surface area contributed by atoms with Gasteiger partial charge in [-0.2, -0.15) is 8.42 Å². The normalized spacial score (nSPS) is 17.6. The molecule has 4 aromatic carbocycles. The molecule has 4 atom stereocenters. The van der Waals surface area contributed by atoms with Crippen molar-refractivity contribution < 1.29 is 36.7 Å². The van der Waals surface area contributed by atoms with Crippen LogP contribution in [0.5, 0.6) is 0 Å². The number of unbranched alkanes of at least 4 members (excludes halogenated alkanes) is 5. The van der Waals surface area contributed by atoms with E-state index in [0.29, 0.717) is 32.7 Å². The molecule has 338 valence electrons. The Morgan fingerprint density at radius 2 is 1.11 bits per heavy atom. The van der Waals surface area contributed by atoms with E-state index >= 15 is 0 Å². The smallest absolute Gasteiger partial charge is 0.296 e. The lowest BCUT2D eigenvalue weighted by Crippen LogP contribution is -2.25. The van der Waals surface area contributed by atoms with Crippen LogP contribution in [0.2, 0.25) is 0 Å². The maximum absolute atomic E-state index is 11.9. The lowest BCUT2D eigenvalue weighted by molar-refractivity contribution is 0.0252. The first-order valence-corrected chi connectivity index (χ1v) is 23.3. The lowest BCUT2D eigenvalue weighted by Gasteiger charge is -2.17. The highest BCUT2D eigenvalue weighted by Crippen LogP contribution is 2.31. The van der Waals surface area contributed by atoms with Gasteiger partial charge in [-0.1, -0.05) is 130 Å². The summed E-state index contributed by atoms with van der Waals surface area (Å²) in [6.07, 6.45) is 10.9. The van der Waals surface area contributed by atoms with Crippen LogP contribution in [-0.2, 0) is 52.7 Å². The summed E-state index contributed by atoms with van der Waals surface area (Å²) in [5.74, 6) is 0. The summed E-state index contributed by atoms with van der Waals surface area (Å²) in [5.41, 5.74) is 19.1. The Balaban J connectivity index is 0.000000264. The fourth-order valence-corrected chi connectivity index (χ4v) is 7.98. The molecule has 2 aliphatic carbocycles. The molecular weight excluding hydrogens is 789 g/mol. The summed E-state index contributed by atoms with van der Waals surface area (Å²) in [6, 6.07) is 33.1. The second-order valence-corrected chi connectivity index (χ2v) is 17.1. The average Bonchev–Trinajstić information content (AvgIpc) is 3.74. The predicted molar refractivity (Wildman–Crippen MR) is 246 cm³/mol. The number of aryl methyl sites for hydroxylation is 1. The van der Waals surface area contributed by atoms with Crippen molar-refractivity contribution in [2.75, 3.05) is 46.2 Å². The standard InChI is InChI=1S/C24H33NO3.C16H26O4S.C9H11NO.CH4/c25-24-22-13-6-5-12-21(22)18-23(24)28-17-9-16-26-14-7-2-8-15-27-19-20-10-3-1-4-11-20;1-3-4-5-6-12-19-13-7-14-20-21(17,18)16-10-8-15(2)9-11-16;10-9-7-4-2-1-3-6(7)5-8(9)11;/h1,3-6,10-13,23-24H,2,7-9,14-19,25H2;8-11H,3-7,12-14H2,1-2H3;1-4,8-9,11H,5,10H2;1H4/t23-,24+;;8-,9+;/m1.1./s1. The van der Waals surface area contributed by atoms with Crippen LogP contribution in [0.1, 0.15) is 118 Å². The number of aliphatic hydroxyl groups excluding tert-OH is 1. The second kappa shape index (κ2) is 29.7. The fraction of sp³-hybridized carbons (Fsp3) is 0.520. The molecule has 6 rings (SSSR count). The summed E-state index contributed by atoms with van der Waals surface area (Å²) in [5, 5.41) is 9.39. The minimum Gasteiger partial charge on any atom is -0.391 e. The van der Waals surface area contributed by atoms with Gasteiger partial charge in [0.2, 0.25) is 0 Å². The highest BCUT2D eigenvalue weighted by molar-refractivity contribution is 7.86. The fourth-order valence-electron chi connectivity index (χ4n) is 7.04. The van der Waals surface area contributed by atoms with Crippen LogP contribution >= 0.6 is 0 Å². The minimum absolute atomic E-state index is 0. The van der Waals surface area contributed by atoms with E-state index < -0.39 is 10.1 Å². The number of fused-ring (bicyclic) bond motifs is 2. The summed E-state index contributed by atoms with van der Waals surface area (Å²) in [7, 11) is -3.64. The molecule has 0 bridgehead atoms. The molecule has 5 N–H and O–H groups in total. The van der Waals surface area contributed by atoms with Gasteiger partial charge >= 0.3 is 0 Å². The molecule has 0 radical (unpaired) electrons. The van der Waals surface area contributed by atoms with Gasteiger partial charge in [0.05, 0.1) is 42.4 Å².